The van der Waals surface area contributed by atoms with Crippen LogP contribution in [0.25, 0.3) is 0 Å². The first-order valence-corrected chi connectivity index (χ1v) is 4.99. The fourth-order valence-corrected chi connectivity index (χ4v) is 1.03. The molecule has 9 heteroatoms. The second kappa shape index (κ2) is 5.81. The lowest BCUT2D eigenvalue weighted by Gasteiger charge is -2.24. The molecular weight excluding hydrogens is 282 g/mol. The Labute approximate surface area is 104 Å². The van der Waals surface area contributed by atoms with E-state index in [0.29, 0.717) is 0 Å². The van der Waals surface area contributed by atoms with Gasteiger partial charge in [-0.3, -0.25) is 0 Å². The Bertz CT molecular complexity index is 330. The van der Waals surface area contributed by atoms with Gasteiger partial charge in [-0.1, -0.05) is 20.4 Å². The molecule has 0 aromatic rings. The van der Waals surface area contributed by atoms with Crippen molar-refractivity contribution in [3.05, 3.63) is 12.2 Å². The fourth-order valence-electron chi connectivity index (χ4n) is 1.03. The largest absolute Gasteiger partial charge is 0.439 e. The van der Waals surface area contributed by atoms with Gasteiger partial charge in [0.1, 0.15) is 0 Å². The first-order valence-electron chi connectivity index (χ1n) is 4.99. The summed E-state index contributed by atoms with van der Waals surface area (Å²) in [6, 6.07) is 0. The molecule has 0 rings (SSSR count). The third-order valence-corrected chi connectivity index (χ3v) is 2.07. The van der Waals surface area contributed by atoms with E-state index in [0.717, 1.165) is 0 Å². The SMILES string of the molecule is C=C(C(=O)OC(C(F)(F)F)C(F)(F)F)[C@H](O)C(C)C. The van der Waals surface area contributed by atoms with Crippen LogP contribution in [0.5, 0.6) is 0 Å². The number of carbonyl (C=O) groups is 1. The van der Waals surface area contributed by atoms with Crippen molar-refractivity contribution in [3.63, 3.8) is 0 Å². The molecule has 0 amide bonds. The summed E-state index contributed by atoms with van der Waals surface area (Å²) in [5.41, 5.74) is -0.867. The molecule has 0 fully saturated rings. The third kappa shape index (κ3) is 5.09. The maximum atomic E-state index is 12.1. The van der Waals surface area contributed by atoms with Crippen molar-refractivity contribution in [2.75, 3.05) is 0 Å². The summed E-state index contributed by atoms with van der Waals surface area (Å²) in [5.74, 6) is -2.56. The monoisotopic (exact) mass is 294 g/mol. The number of hydrogen-bond acceptors (Lipinski definition) is 3. The molecule has 3 nitrogen and oxygen atoms in total. The second-order valence-corrected chi connectivity index (χ2v) is 4.08. The Balaban J connectivity index is 4.99. The Morgan fingerprint density at radius 3 is 1.74 bits per heavy atom. The van der Waals surface area contributed by atoms with Gasteiger partial charge in [0.2, 0.25) is 0 Å². The molecule has 0 aliphatic carbocycles. The van der Waals surface area contributed by atoms with E-state index in [1.54, 1.807) is 0 Å². The fraction of sp³-hybridized carbons (Fsp3) is 0.700. The van der Waals surface area contributed by atoms with Crippen molar-refractivity contribution in [1.82, 2.24) is 0 Å². The van der Waals surface area contributed by atoms with Crippen molar-refractivity contribution in [2.45, 2.75) is 38.4 Å². The molecule has 112 valence electrons. The highest BCUT2D eigenvalue weighted by molar-refractivity contribution is 5.89. The van der Waals surface area contributed by atoms with E-state index in [-0.39, 0.29) is 0 Å². The number of hydrogen-bond donors (Lipinski definition) is 1. The zero-order chi connectivity index (χ0) is 15.6. The molecule has 0 saturated carbocycles. The summed E-state index contributed by atoms with van der Waals surface area (Å²) in [6.07, 6.45) is -17.4. The smallest absolute Gasteiger partial charge is 0.434 e. The normalized spacial score (nSPS) is 14.7. The van der Waals surface area contributed by atoms with Crippen molar-refractivity contribution >= 4 is 5.97 Å². The van der Waals surface area contributed by atoms with E-state index >= 15 is 0 Å². The first kappa shape index (κ1) is 17.8. The number of esters is 1. The molecular formula is C10H12F6O3. The average molecular weight is 294 g/mol. The van der Waals surface area contributed by atoms with Gasteiger partial charge in [-0.15, -0.1) is 0 Å². The van der Waals surface area contributed by atoms with Crippen LogP contribution in [0.3, 0.4) is 0 Å². The average Bonchev–Trinajstić information content (AvgIpc) is 2.19. The van der Waals surface area contributed by atoms with Crippen LogP contribution in [0.15, 0.2) is 12.2 Å². The van der Waals surface area contributed by atoms with Crippen LogP contribution in [-0.2, 0) is 9.53 Å². The van der Waals surface area contributed by atoms with E-state index in [2.05, 4.69) is 11.3 Å². The first-order chi connectivity index (χ1) is 8.28. The van der Waals surface area contributed by atoms with Crippen LogP contribution in [-0.4, -0.2) is 35.6 Å². The molecule has 0 aromatic heterocycles. The van der Waals surface area contributed by atoms with Crippen LogP contribution in [0.2, 0.25) is 0 Å². The maximum Gasteiger partial charge on any atom is 0.434 e. The molecule has 0 aliphatic heterocycles. The zero-order valence-electron chi connectivity index (χ0n) is 9.97. The lowest BCUT2D eigenvalue weighted by molar-refractivity contribution is -0.312. The highest BCUT2D eigenvalue weighted by Crippen LogP contribution is 2.36. The van der Waals surface area contributed by atoms with Gasteiger partial charge in [0.05, 0.1) is 11.7 Å². The summed E-state index contributed by atoms with van der Waals surface area (Å²) in [6.45, 7) is 5.73. The second-order valence-electron chi connectivity index (χ2n) is 4.08. The standard InChI is InChI=1S/C10H12F6O3/c1-4(2)6(17)5(3)7(18)19-8(9(11,12)13)10(14,15)16/h4,6,8,17H,3H2,1-2H3/t6-/m1/s1. The lowest BCUT2D eigenvalue weighted by Crippen LogP contribution is -2.46. The zero-order valence-corrected chi connectivity index (χ0v) is 9.97. The summed E-state index contributed by atoms with van der Waals surface area (Å²) in [4.78, 5) is 11.1. The minimum atomic E-state index is -5.79. The van der Waals surface area contributed by atoms with Crippen molar-refractivity contribution < 1.29 is 41.0 Å². The van der Waals surface area contributed by atoms with Crippen LogP contribution >= 0.6 is 0 Å². The number of aliphatic hydroxyl groups is 1. The van der Waals surface area contributed by atoms with Crippen LogP contribution in [0, 0.1) is 5.92 Å². The number of aliphatic hydroxyl groups excluding tert-OH is 1. The minimum absolute atomic E-state index is 0.615. The molecule has 0 unspecified atom stereocenters. The molecule has 0 heterocycles. The predicted octanol–water partition coefficient (Wildman–Crippen LogP) is 2.60. The van der Waals surface area contributed by atoms with Gasteiger partial charge in [0.25, 0.3) is 6.10 Å². The summed E-state index contributed by atoms with van der Waals surface area (Å²) >= 11 is 0. The summed E-state index contributed by atoms with van der Waals surface area (Å²) in [5, 5.41) is 9.32. The maximum absolute atomic E-state index is 12.1. The van der Waals surface area contributed by atoms with E-state index in [1.165, 1.54) is 13.8 Å². The third-order valence-electron chi connectivity index (χ3n) is 2.07. The van der Waals surface area contributed by atoms with Crippen LogP contribution < -0.4 is 0 Å². The van der Waals surface area contributed by atoms with Crippen LogP contribution in [0.1, 0.15) is 13.8 Å². The molecule has 0 bridgehead atoms. The number of rotatable bonds is 4. The quantitative estimate of drug-likeness (QED) is 0.492. The highest BCUT2D eigenvalue weighted by Gasteiger charge is 2.60. The number of carbonyl (C=O) groups excluding carboxylic acids is 1. The van der Waals surface area contributed by atoms with E-state index < -0.39 is 42.0 Å². The molecule has 1 atom stereocenters. The summed E-state index contributed by atoms with van der Waals surface area (Å²) in [7, 11) is 0. The number of ether oxygens (including phenoxy) is 1. The van der Waals surface area contributed by atoms with E-state index in [1.807, 2.05) is 0 Å². The number of alkyl halides is 6. The van der Waals surface area contributed by atoms with Gasteiger partial charge in [-0.25, -0.2) is 4.79 Å². The van der Waals surface area contributed by atoms with Gasteiger partial charge >= 0.3 is 18.3 Å². The molecule has 0 aliphatic rings. The Morgan fingerprint density at radius 2 is 1.47 bits per heavy atom. The predicted molar refractivity (Wildman–Crippen MR) is 52.0 cm³/mol. The van der Waals surface area contributed by atoms with E-state index in [9.17, 15) is 36.2 Å². The van der Waals surface area contributed by atoms with Crippen molar-refractivity contribution in [3.8, 4) is 0 Å². The molecule has 0 aromatic carbocycles. The van der Waals surface area contributed by atoms with Gasteiger partial charge in [0.15, 0.2) is 0 Å². The van der Waals surface area contributed by atoms with Crippen molar-refractivity contribution in [1.29, 1.82) is 0 Å². The van der Waals surface area contributed by atoms with Crippen molar-refractivity contribution in [2.24, 2.45) is 5.92 Å². The minimum Gasteiger partial charge on any atom is -0.439 e. The molecule has 19 heavy (non-hydrogen) atoms. The highest BCUT2D eigenvalue weighted by atomic mass is 19.4. The number of halogens is 6. The molecule has 1 N–H and O–H groups in total. The van der Waals surface area contributed by atoms with Gasteiger partial charge in [-0.05, 0) is 5.92 Å². The van der Waals surface area contributed by atoms with Gasteiger partial charge in [-0.2, -0.15) is 26.3 Å². The van der Waals surface area contributed by atoms with Gasteiger partial charge in [0, 0.05) is 0 Å². The lowest BCUT2D eigenvalue weighted by atomic mass is 10.0. The Kier molecular flexibility index (Phi) is 5.42. The van der Waals surface area contributed by atoms with Gasteiger partial charge < -0.3 is 9.84 Å². The Hall–Kier alpha value is -1.25. The van der Waals surface area contributed by atoms with Crippen LogP contribution in [0.4, 0.5) is 26.3 Å². The molecule has 0 saturated heterocycles. The topological polar surface area (TPSA) is 46.5 Å². The Morgan fingerprint density at radius 1 is 1.11 bits per heavy atom. The molecule has 0 spiro atoms. The molecule has 0 radical (unpaired) electrons. The van der Waals surface area contributed by atoms with E-state index in [4.69, 9.17) is 0 Å². The summed E-state index contributed by atoms with van der Waals surface area (Å²) < 4.78 is 76.0.